The summed E-state index contributed by atoms with van der Waals surface area (Å²) in [4.78, 5) is 88.3. The number of likely N-dealkylation sites (tertiary alicyclic amines) is 2. The fourth-order valence-corrected chi connectivity index (χ4v) is 9.44. The molecular weight excluding hydrogens is 789 g/mol. The normalized spacial score (nSPS) is 17.5. The van der Waals surface area contributed by atoms with Crippen LogP contribution in [0.5, 0.6) is 0 Å². The SMILES string of the molecule is O=C(c1ccsc1)N(C(=O)[C@@H]1CCCN1C(=O)C1=CCC=C1)c1ccc(/C=C/c2ccc(N(C(=O)c3ccsc3)C(=O)[C@@H]3CCCN3C(=O)c3ccsc3)cc2)cc1. The lowest BCUT2D eigenvalue weighted by Gasteiger charge is -2.29. The van der Waals surface area contributed by atoms with Crippen LogP contribution in [0, 0.1) is 0 Å². The van der Waals surface area contributed by atoms with Gasteiger partial charge in [0.15, 0.2) is 0 Å². The molecule has 0 saturated carbocycles. The Morgan fingerprint density at radius 1 is 0.569 bits per heavy atom. The lowest BCUT2D eigenvalue weighted by atomic mass is 10.1. The number of imide groups is 2. The minimum absolute atomic E-state index is 0.198. The molecule has 6 amide bonds. The van der Waals surface area contributed by atoms with E-state index in [4.69, 9.17) is 0 Å². The van der Waals surface area contributed by atoms with Crippen molar-refractivity contribution in [3.05, 3.63) is 151 Å². The van der Waals surface area contributed by atoms with E-state index in [9.17, 15) is 28.8 Å². The minimum Gasteiger partial charge on any atom is -0.327 e. The molecule has 0 unspecified atom stereocenters. The van der Waals surface area contributed by atoms with Crippen molar-refractivity contribution >= 4 is 93.0 Å². The molecule has 0 radical (unpaired) electrons. The molecule has 10 nitrogen and oxygen atoms in total. The smallest absolute Gasteiger partial charge is 0.265 e. The number of amides is 6. The maximum absolute atomic E-state index is 14.2. The Balaban J connectivity index is 1.01. The monoisotopic (exact) mass is 826 g/mol. The molecule has 1 aliphatic carbocycles. The minimum atomic E-state index is -0.768. The number of hydrogen-bond acceptors (Lipinski definition) is 9. The van der Waals surface area contributed by atoms with Gasteiger partial charge in [-0.3, -0.25) is 28.8 Å². The maximum atomic E-state index is 14.2. The van der Waals surface area contributed by atoms with Gasteiger partial charge in [-0.15, -0.1) is 0 Å². The number of rotatable bonds is 10. The number of benzene rings is 2. The highest BCUT2D eigenvalue weighted by atomic mass is 32.1. The topological polar surface area (TPSA) is 115 Å². The average molecular weight is 827 g/mol. The lowest BCUT2D eigenvalue weighted by Crippen LogP contribution is -2.50. The quantitative estimate of drug-likeness (QED) is 0.103. The summed E-state index contributed by atoms with van der Waals surface area (Å²) < 4.78 is 0. The second kappa shape index (κ2) is 17.2. The average Bonchev–Trinajstić information content (AvgIpc) is 4.11. The molecule has 0 spiro atoms. The van der Waals surface area contributed by atoms with Crippen molar-refractivity contribution in [1.82, 2.24) is 9.80 Å². The Morgan fingerprint density at radius 2 is 1.02 bits per heavy atom. The third-order valence-electron chi connectivity index (χ3n) is 10.5. The second-order valence-electron chi connectivity index (χ2n) is 14.1. The van der Waals surface area contributed by atoms with Gasteiger partial charge in [0, 0.05) is 34.8 Å². The summed E-state index contributed by atoms with van der Waals surface area (Å²) in [6.07, 6.45) is 12.2. The van der Waals surface area contributed by atoms with Crippen LogP contribution in [0.1, 0.15) is 74.3 Å². The lowest BCUT2D eigenvalue weighted by molar-refractivity contribution is -0.134. The van der Waals surface area contributed by atoms with Crippen LogP contribution in [0.4, 0.5) is 11.4 Å². The Labute approximate surface area is 347 Å². The highest BCUT2D eigenvalue weighted by Gasteiger charge is 2.41. The molecule has 3 aromatic heterocycles. The molecule has 2 saturated heterocycles. The number of carbonyl (C=O) groups is 6. The van der Waals surface area contributed by atoms with Gasteiger partial charge >= 0.3 is 0 Å². The second-order valence-corrected chi connectivity index (χ2v) is 16.5. The largest absolute Gasteiger partial charge is 0.327 e. The van der Waals surface area contributed by atoms with Crippen LogP contribution >= 0.6 is 34.0 Å². The Bertz CT molecular complexity index is 2420. The van der Waals surface area contributed by atoms with E-state index in [-0.39, 0.29) is 11.8 Å². The van der Waals surface area contributed by atoms with Crippen molar-refractivity contribution in [3.8, 4) is 0 Å². The first kappa shape index (κ1) is 38.8. The molecular formula is C45H38N4O6S3. The van der Waals surface area contributed by atoms with Gasteiger partial charge in [0.1, 0.15) is 12.1 Å². The van der Waals surface area contributed by atoms with E-state index in [0.717, 1.165) is 11.1 Å². The summed E-state index contributed by atoms with van der Waals surface area (Å²) in [5.41, 5.74) is 4.30. The van der Waals surface area contributed by atoms with Gasteiger partial charge in [-0.25, -0.2) is 9.80 Å². The molecule has 2 atom stereocenters. The van der Waals surface area contributed by atoms with Crippen LogP contribution < -0.4 is 9.80 Å². The molecule has 8 rings (SSSR count). The van der Waals surface area contributed by atoms with Crippen LogP contribution in [-0.4, -0.2) is 70.4 Å². The predicted molar refractivity (Wildman–Crippen MR) is 229 cm³/mol. The zero-order chi connectivity index (χ0) is 40.2. The van der Waals surface area contributed by atoms with Gasteiger partial charge in [-0.1, -0.05) is 54.6 Å². The summed E-state index contributed by atoms with van der Waals surface area (Å²) in [5.74, 6) is -2.20. The van der Waals surface area contributed by atoms with Gasteiger partial charge < -0.3 is 9.80 Å². The molecule has 2 fully saturated rings. The van der Waals surface area contributed by atoms with Crippen LogP contribution in [0.25, 0.3) is 12.2 Å². The Kier molecular flexibility index (Phi) is 11.5. The van der Waals surface area contributed by atoms with Crippen molar-refractivity contribution in [2.24, 2.45) is 0 Å². The van der Waals surface area contributed by atoms with Crippen molar-refractivity contribution in [2.75, 3.05) is 22.9 Å². The van der Waals surface area contributed by atoms with E-state index in [1.165, 1.54) is 43.8 Å². The first-order valence-electron chi connectivity index (χ1n) is 19.0. The molecule has 3 aliphatic rings. The zero-order valence-corrected chi connectivity index (χ0v) is 33.7. The molecule has 2 aromatic carbocycles. The van der Waals surface area contributed by atoms with E-state index in [1.807, 2.05) is 53.9 Å². The van der Waals surface area contributed by atoms with E-state index in [0.29, 0.717) is 78.8 Å². The van der Waals surface area contributed by atoms with Gasteiger partial charge in [0.05, 0.1) is 28.1 Å². The van der Waals surface area contributed by atoms with Crippen molar-refractivity contribution in [3.63, 3.8) is 0 Å². The van der Waals surface area contributed by atoms with Crippen LogP contribution in [0.3, 0.4) is 0 Å². The van der Waals surface area contributed by atoms with E-state index >= 15 is 0 Å². The van der Waals surface area contributed by atoms with Gasteiger partial charge in [-0.05, 0) is 102 Å². The van der Waals surface area contributed by atoms with Gasteiger partial charge in [-0.2, -0.15) is 34.0 Å². The molecule has 292 valence electrons. The van der Waals surface area contributed by atoms with Crippen LogP contribution in [-0.2, 0) is 14.4 Å². The van der Waals surface area contributed by atoms with E-state index in [2.05, 4.69) is 0 Å². The third-order valence-corrected chi connectivity index (χ3v) is 12.6. The number of nitrogens with zero attached hydrogens (tertiary/aromatic N) is 4. The Hall–Kier alpha value is -6.02. The summed E-state index contributed by atoms with van der Waals surface area (Å²) in [6.45, 7) is 0.882. The number of thiophene rings is 3. The van der Waals surface area contributed by atoms with E-state index < -0.39 is 35.7 Å². The first-order chi connectivity index (χ1) is 28.3. The molecule has 0 N–H and O–H groups in total. The van der Waals surface area contributed by atoms with Crippen LogP contribution in [0.2, 0.25) is 0 Å². The standard InChI is InChI=1S/C45H38N4O6S3/c50-40(32-5-1-2-6-32)46-22-3-7-38(46)44(54)48(42(52)34-20-25-57-28-34)36-15-11-30(12-16-36)9-10-31-13-17-37(18-14-31)49(43(53)35-21-26-58-29-35)45(55)39-8-4-23-47(39)41(51)33-19-24-56-27-33/h1,5-6,9-21,24-29,38-39H,2-4,7-8,22-23H2/b10-9+/t38-,39-/m0/s1. The third kappa shape index (κ3) is 7.93. The van der Waals surface area contributed by atoms with Crippen molar-refractivity contribution in [1.29, 1.82) is 0 Å². The summed E-state index contributed by atoms with van der Waals surface area (Å²) in [7, 11) is 0. The predicted octanol–water partition coefficient (Wildman–Crippen LogP) is 8.57. The fourth-order valence-electron chi connectivity index (χ4n) is 7.55. The van der Waals surface area contributed by atoms with Crippen molar-refractivity contribution in [2.45, 2.75) is 44.2 Å². The van der Waals surface area contributed by atoms with Crippen molar-refractivity contribution < 1.29 is 28.8 Å². The number of allylic oxidation sites excluding steroid dienone is 2. The molecule has 5 aromatic rings. The number of carbonyl (C=O) groups excluding carboxylic acids is 6. The molecule has 2 aliphatic heterocycles. The Morgan fingerprint density at radius 3 is 1.43 bits per heavy atom. The highest BCUT2D eigenvalue weighted by Crippen LogP contribution is 2.30. The maximum Gasteiger partial charge on any atom is 0.265 e. The summed E-state index contributed by atoms with van der Waals surface area (Å²) in [5, 5.41) is 10.6. The van der Waals surface area contributed by atoms with Gasteiger partial charge in [0.25, 0.3) is 35.4 Å². The van der Waals surface area contributed by atoms with E-state index in [1.54, 1.807) is 85.2 Å². The first-order valence-corrected chi connectivity index (χ1v) is 21.8. The molecule has 13 heteroatoms. The summed E-state index contributed by atoms with van der Waals surface area (Å²) >= 11 is 4.15. The number of hydrogen-bond donors (Lipinski definition) is 0. The van der Waals surface area contributed by atoms with Crippen LogP contribution in [0.15, 0.2) is 123 Å². The summed E-state index contributed by atoms with van der Waals surface area (Å²) in [6, 6.07) is 17.7. The highest BCUT2D eigenvalue weighted by molar-refractivity contribution is 7.08. The molecule has 58 heavy (non-hydrogen) atoms. The molecule has 5 heterocycles. The number of anilines is 2. The van der Waals surface area contributed by atoms with Gasteiger partial charge in [0.2, 0.25) is 0 Å². The molecule has 0 bridgehead atoms. The zero-order valence-electron chi connectivity index (χ0n) is 31.3. The fraction of sp³-hybridized carbons (Fsp3) is 0.200.